The second-order valence-corrected chi connectivity index (χ2v) is 19.8. The number of hydrogen-bond donors (Lipinski definition) is 0. The van der Waals surface area contributed by atoms with E-state index in [2.05, 4.69) is 74.3 Å². The second-order valence-electron chi connectivity index (χ2n) is 10.2. The summed E-state index contributed by atoms with van der Waals surface area (Å²) in [5.41, 5.74) is 0.692. The maximum atomic E-state index is 12.2. The molecule has 1 fully saturated rings. The lowest BCUT2D eigenvalue weighted by molar-refractivity contribution is -0.115. The summed E-state index contributed by atoms with van der Waals surface area (Å²) in [6.07, 6.45) is 0.382. The average Bonchev–Trinajstić information content (AvgIpc) is 2.59. The number of ketones is 1. The zero-order chi connectivity index (χ0) is 19.1. The van der Waals surface area contributed by atoms with Gasteiger partial charge < -0.3 is 8.85 Å². The highest BCUT2D eigenvalue weighted by molar-refractivity contribution is 6.74. The highest BCUT2D eigenvalue weighted by atomic mass is 28.4. The van der Waals surface area contributed by atoms with Gasteiger partial charge >= 0.3 is 0 Å². The van der Waals surface area contributed by atoms with Gasteiger partial charge in [-0.3, -0.25) is 4.79 Å². The molecule has 0 amide bonds. The van der Waals surface area contributed by atoms with E-state index in [0.29, 0.717) is 18.6 Å². The van der Waals surface area contributed by atoms with E-state index in [1.807, 2.05) is 0 Å². The summed E-state index contributed by atoms with van der Waals surface area (Å²) in [5, 5.41) is 0.289. The Hall–Kier alpha value is -0.236. The molecule has 0 aliphatic heterocycles. The summed E-state index contributed by atoms with van der Waals surface area (Å²) in [4.78, 5) is 12.2. The van der Waals surface area contributed by atoms with E-state index in [-0.39, 0.29) is 27.9 Å². The van der Waals surface area contributed by atoms with Crippen LogP contribution in [0.3, 0.4) is 0 Å². The lowest BCUT2D eigenvalue weighted by atomic mass is 10.0. The molecule has 0 heterocycles. The van der Waals surface area contributed by atoms with Gasteiger partial charge in [-0.15, -0.1) is 0 Å². The first-order valence-corrected chi connectivity index (χ1v) is 14.8. The molecule has 0 radical (unpaired) electrons. The Morgan fingerprint density at radius 2 is 1.46 bits per heavy atom. The molecule has 1 aliphatic rings. The lowest BCUT2D eigenvalue weighted by Gasteiger charge is -2.41. The number of rotatable bonds is 5. The van der Waals surface area contributed by atoms with E-state index in [9.17, 15) is 4.79 Å². The fourth-order valence-electron chi connectivity index (χ4n) is 2.29. The maximum Gasteiger partial charge on any atom is 0.192 e. The first kappa shape index (κ1) is 21.8. The third kappa shape index (κ3) is 4.68. The van der Waals surface area contributed by atoms with Gasteiger partial charge in [0.2, 0.25) is 0 Å². The molecule has 140 valence electrons. The Morgan fingerprint density at radius 3 is 1.88 bits per heavy atom. The van der Waals surface area contributed by atoms with Crippen LogP contribution < -0.4 is 0 Å². The largest absolute Gasteiger partial charge is 0.416 e. The second kappa shape index (κ2) is 6.82. The van der Waals surface area contributed by atoms with Crippen LogP contribution in [0.15, 0.2) is 12.2 Å². The quantitative estimate of drug-likeness (QED) is 0.470. The number of carbonyl (C=O) groups is 1. The van der Waals surface area contributed by atoms with E-state index >= 15 is 0 Å². The molecule has 3 nitrogen and oxygen atoms in total. The molecule has 1 aliphatic carbocycles. The lowest BCUT2D eigenvalue weighted by Crippen LogP contribution is -2.47. The van der Waals surface area contributed by atoms with Gasteiger partial charge in [-0.2, -0.15) is 0 Å². The summed E-state index contributed by atoms with van der Waals surface area (Å²) in [5.74, 6) is 0.142. The van der Waals surface area contributed by atoms with Crippen LogP contribution in [-0.2, 0) is 13.6 Å². The van der Waals surface area contributed by atoms with Crippen molar-refractivity contribution in [2.75, 3.05) is 6.61 Å². The first-order valence-electron chi connectivity index (χ1n) is 9.03. The third-order valence-electron chi connectivity index (χ3n) is 6.32. The van der Waals surface area contributed by atoms with Crippen LogP contribution in [-0.4, -0.2) is 35.1 Å². The minimum Gasteiger partial charge on any atom is -0.416 e. The molecule has 0 aromatic carbocycles. The highest BCUT2D eigenvalue weighted by Gasteiger charge is 2.46. The Kier molecular flexibility index (Phi) is 6.20. The van der Waals surface area contributed by atoms with E-state index < -0.39 is 16.6 Å². The van der Waals surface area contributed by atoms with Gasteiger partial charge in [0.1, 0.15) is 0 Å². The maximum absolute atomic E-state index is 12.2. The summed E-state index contributed by atoms with van der Waals surface area (Å²) >= 11 is 0. The molecule has 5 heteroatoms. The predicted molar refractivity (Wildman–Crippen MR) is 107 cm³/mol. The molecule has 1 rings (SSSR count). The standard InChI is InChI=1S/C19H38O3Si2/c1-14-15(13-21-23(8,9)18(2,3)4)17(12-16(14)20)22-24(10,11)19(5,6)7/h15,17H,1,12-13H2,2-11H3/t15-,17-/m0/s1. The van der Waals surface area contributed by atoms with Gasteiger partial charge in [0, 0.05) is 18.9 Å². The normalized spacial score (nSPS) is 23.9. The van der Waals surface area contributed by atoms with Gasteiger partial charge in [-0.05, 0) is 41.8 Å². The summed E-state index contributed by atoms with van der Waals surface area (Å²) in [6.45, 7) is 27.0. The zero-order valence-electron chi connectivity index (χ0n) is 17.5. The van der Waals surface area contributed by atoms with Crippen molar-refractivity contribution in [3.8, 4) is 0 Å². The number of carbonyl (C=O) groups excluding carboxylic acids is 1. The van der Waals surface area contributed by atoms with Crippen LogP contribution in [0.1, 0.15) is 48.0 Å². The molecule has 0 saturated heterocycles. The monoisotopic (exact) mass is 370 g/mol. The van der Waals surface area contributed by atoms with Crippen molar-refractivity contribution in [3.63, 3.8) is 0 Å². The van der Waals surface area contributed by atoms with E-state index in [1.165, 1.54) is 0 Å². The molecule has 0 unspecified atom stereocenters. The molecule has 0 aromatic heterocycles. The SMILES string of the molecule is C=C1C(=O)C[C@H](O[Si](C)(C)C(C)(C)C)[C@H]1CO[Si](C)(C)C(C)(C)C. The summed E-state index contributed by atoms with van der Waals surface area (Å²) in [7, 11) is -3.77. The minimum absolute atomic E-state index is 0.000694. The van der Waals surface area contributed by atoms with Crippen LogP contribution in [0.4, 0.5) is 0 Å². The number of hydrogen-bond acceptors (Lipinski definition) is 3. The smallest absolute Gasteiger partial charge is 0.192 e. The van der Waals surface area contributed by atoms with Crippen molar-refractivity contribution in [1.29, 1.82) is 0 Å². The molecule has 24 heavy (non-hydrogen) atoms. The molecular weight excluding hydrogens is 332 g/mol. The number of Topliss-reactive ketones (excluding diaryl/α,β-unsaturated/α-hetero) is 1. The van der Waals surface area contributed by atoms with Crippen LogP contribution >= 0.6 is 0 Å². The Labute approximate surface area is 151 Å². The minimum atomic E-state index is -1.92. The van der Waals surface area contributed by atoms with E-state index in [1.54, 1.807) is 0 Å². The van der Waals surface area contributed by atoms with Crippen molar-refractivity contribution < 1.29 is 13.6 Å². The van der Waals surface area contributed by atoms with Crippen LogP contribution in [0.2, 0.25) is 36.3 Å². The molecule has 0 spiro atoms. The Balaban J connectivity index is 2.90. The average molecular weight is 371 g/mol. The molecule has 0 N–H and O–H groups in total. The highest BCUT2D eigenvalue weighted by Crippen LogP contribution is 2.42. The van der Waals surface area contributed by atoms with Gasteiger partial charge in [-0.1, -0.05) is 48.1 Å². The molecule has 2 atom stereocenters. The van der Waals surface area contributed by atoms with Crippen molar-refractivity contribution >= 4 is 22.4 Å². The van der Waals surface area contributed by atoms with E-state index in [0.717, 1.165) is 0 Å². The third-order valence-corrected chi connectivity index (χ3v) is 15.3. The topological polar surface area (TPSA) is 35.5 Å². The van der Waals surface area contributed by atoms with Gasteiger partial charge in [0.15, 0.2) is 22.4 Å². The van der Waals surface area contributed by atoms with Gasteiger partial charge in [0.25, 0.3) is 0 Å². The van der Waals surface area contributed by atoms with Crippen molar-refractivity contribution in [2.45, 2.75) is 90.3 Å². The van der Waals surface area contributed by atoms with Gasteiger partial charge in [-0.25, -0.2) is 0 Å². The fraction of sp³-hybridized carbons (Fsp3) is 0.842. The molecule has 1 saturated carbocycles. The summed E-state index contributed by atoms with van der Waals surface area (Å²) < 4.78 is 12.9. The van der Waals surface area contributed by atoms with Crippen LogP contribution in [0, 0.1) is 5.92 Å². The zero-order valence-corrected chi connectivity index (χ0v) is 19.5. The predicted octanol–water partition coefficient (Wildman–Crippen LogP) is 5.54. The first-order chi connectivity index (χ1) is 10.5. The molecular formula is C19H38O3Si2. The van der Waals surface area contributed by atoms with Crippen LogP contribution in [0.5, 0.6) is 0 Å². The Bertz CT molecular complexity index is 496. The summed E-state index contributed by atoms with van der Waals surface area (Å²) in [6, 6.07) is 0. The van der Waals surface area contributed by atoms with Crippen molar-refractivity contribution in [1.82, 2.24) is 0 Å². The molecule has 0 bridgehead atoms. The van der Waals surface area contributed by atoms with Crippen LogP contribution in [0.25, 0.3) is 0 Å². The van der Waals surface area contributed by atoms with Crippen molar-refractivity contribution in [2.24, 2.45) is 5.92 Å². The van der Waals surface area contributed by atoms with Crippen molar-refractivity contribution in [3.05, 3.63) is 12.2 Å². The molecule has 0 aromatic rings. The fourth-order valence-corrected chi connectivity index (χ4v) is 4.68. The van der Waals surface area contributed by atoms with E-state index in [4.69, 9.17) is 8.85 Å². The Morgan fingerprint density at radius 1 is 1.00 bits per heavy atom. The van der Waals surface area contributed by atoms with Gasteiger partial charge in [0.05, 0.1) is 6.10 Å².